The van der Waals surface area contributed by atoms with Gasteiger partial charge in [-0.05, 0) is 12.1 Å². The molecule has 1 rings (SSSR count). The molecule has 12 heavy (non-hydrogen) atoms. The molecule has 4 nitrogen and oxygen atoms in total. The van der Waals surface area contributed by atoms with Gasteiger partial charge < -0.3 is 10.0 Å². The average molecular weight is 166 g/mol. The molecule has 0 saturated carbocycles. The molecule has 4 heteroatoms. The summed E-state index contributed by atoms with van der Waals surface area (Å²) in [4.78, 5) is 16.1. The summed E-state index contributed by atoms with van der Waals surface area (Å²) in [6.45, 7) is 0. The first-order valence-electron chi connectivity index (χ1n) is 3.49. The molecule has 0 bridgehead atoms. The Balaban J connectivity index is 3.04. The molecule has 1 N–H and O–H groups in total. The maximum atomic E-state index is 10.5. The van der Waals surface area contributed by atoms with Crippen LogP contribution in [0.2, 0.25) is 0 Å². The second kappa shape index (κ2) is 3.21. The lowest BCUT2D eigenvalue weighted by molar-refractivity contribution is 0.0690. The monoisotopic (exact) mass is 166 g/mol. The zero-order valence-corrected chi connectivity index (χ0v) is 6.98. The third-order valence-corrected chi connectivity index (χ3v) is 1.41. The number of carboxylic acid groups (broad SMARTS) is 1. The van der Waals surface area contributed by atoms with Crippen molar-refractivity contribution in [1.82, 2.24) is 4.98 Å². The van der Waals surface area contributed by atoms with E-state index >= 15 is 0 Å². The van der Waals surface area contributed by atoms with Crippen molar-refractivity contribution >= 4 is 11.8 Å². The van der Waals surface area contributed by atoms with Crippen molar-refractivity contribution in [3.05, 3.63) is 23.9 Å². The number of aromatic carboxylic acids is 1. The van der Waals surface area contributed by atoms with Gasteiger partial charge in [0.15, 0.2) is 5.69 Å². The van der Waals surface area contributed by atoms with Crippen LogP contribution in [0.4, 0.5) is 5.82 Å². The maximum Gasteiger partial charge on any atom is 0.354 e. The molecule has 0 unspecified atom stereocenters. The summed E-state index contributed by atoms with van der Waals surface area (Å²) in [5.74, 6) is -0.353. The molecule has 1 heterocycles. The Hall–Kier alpha value is -1.58. The molecule has 64 valence electrons. The first-order chi connectivity index (χ1) is 5.61. The fourth-order valence-electron chi connectivity index (χ4n) is 0.791. The molecule has 1 aromatic rings. The molecule has 1 aromatic heterocycles. The number of pyridine rings is 1. The zero-order valence-electron chi connectivity index (χ0n) is 6.98. The number of anilines is 1. The second-order valence-electron chi connectivity index (χ2n) is 2.58. The summed E-state index contributed by atoms with van der Waals surface area (Å²) >= 11 is 0. The molecule has 0 atom stereocenters. The van der Waals surface area contributed by atoms with Crippen LogP contribution in [-0.2, 0) is 0 Å². The van der Waals surface area contributed by atoms with Gasteiger partial charge in [-0.2, -0.15) is 0 Å². The molecule has 0 spiro atoms. The molecule has 0 radical (unpaired) electrons. The molecule has 0 aliphatic rings. The number of aromatic nitrogens is 1. The normalized spacial score (nSPS) is 9.50. The number of hydrogen-bond donors (Lipinski definition) is 1. The minimum atomic E-state index is -1.00. The van der Waals surface area contributed by atoms with Crippen molar-refractivity contribution in [2.75, 3.05) is 19.0 Å². The van der Waals surface area contributed by atoms with Gasteiger partial charge in [-0.3, -0.25) is 0 Å². The molecule has 0 aliphatic carbocycles. The van der Waals surface area contributed by atoms with E-state index in [4.69, 9.17) is 5.11 Å². The third-order valence-electron chi connectivity index (χ3n) is 1.41. The van der Waals surface area contributed by atoms with Gasteiger partial charge in [0, 0.05) is 14.1 Å². The van der Waals surface area contributed by atoms with Gasteiger partial charge in [0.05, 0.1) is 0 Å². The summed E-state index contributed by atoms with van der Waals surface area (Å²) in [6, 6.07) is 4.90. The van der Waals surface area contributed by atoms with Crippen molar-refractivity contribution in [3.8, 4) is 0 Å². The van der Waals surface area contributed by atoms with Gasteiger partial charge in [-0.25, -0.2) is 9.78 Å². The van der Waals surface area contributed by atoms with Crippen LogP contribution in [0, 0.1) is 0 Å². The van der Waals surface area contributed by atoms with E-state index in [1.54, 1.807) is 17.0 Å². The van der Waals surface area contributed by atoms with E-state index < -0.39 is 5.97 Å². The van der Waals surface area contributed by atoms with Crippen LogP contribution in [0.15, 0.2) is 18.2 Å². The summed E-state index contributed by atoms with van der Waals surface area (Å²) in [5.41, 5.74) is 0.0706. The van der Waals surface area contributed by atoms with Gasteiger partial charge >= 0.3 is 5.97 Å². The van der Waals surface area contributed by atoms with Crippen LogP contribution < -0.4 is 4.90 Å². The Kier molecular flexibility index (Phi) is 2.28. The van der Waals surface area contributed by atoms with E-state index in [9.17, 15) is 4.79 Å². The van der Waals surface area contributed by atoms with Crippen LogP contribution in [0.3, 0.4) is 0 Å². The largest absolute Gasteiger partial charge is 0.477 e. The van der Waals surface area contributed by atoms with Gasteiger partial charge in [-0.15, -0.1) is 0 Å². The fourth-order valence-corrected chi connectivity index (χ4v) is 0.791. The summed E-state index contributed by atoms with van der Waals surface area (Å²) in [6.07, 6.45) is 0. The fraction of sp³-hybridized carbons (Fsp3) is 0.250. The molecule has 0 amide bonds. The minimum absolute atomic E-state index is 0.0706. The summed E-state index contributed by atoms with van der Waals surface area (Å²) in [7, 11) is 3.63. The van der Waals surface area contributed by atoms with Crippen LogP contribution in [0.25, 0.3) is 0 Å². The van der Waals surface area contributed by atoms with Crippen molar-refractivity contribution in [3.63, 3.8) is 0 Å². The van der Waals surface area contributed by atoms with Crippen molar-refractivity contribution < 1.29 is 9.90 Å². The second-order valence-corrected chi connectivity index (χ2v) is 2.58. The van der Waals surface area contributed by atoms with Crippen molar-refractivity contribution in [2.24, 2.45) is 0 Å². The first-order valence-corrected chi connectivity index (χ1v) is 3.49. The lowest BCUT2D eigenvalue weighted by Gasteiger charge is -2.10. The zero-order chi connectivity index (χ0) is 9.14. The van der Waals surface area contributed by atoms with Crippen LogP contribution in [-0.4, -0.2) is 30.2 Å². The standard InChI is InChI=1S/C8H10N2O2/c1-10(2)7-5-3-4-6(9-7)8(11)12/h3-5H,1-2H3,(H,11,12). The molecular weight excluding hydrogens is 156 g/mol. The van der Waals surface area contributed by atoms with Crippen LogP contribution in [0.5, 0.6) is 0 Å². The minimum Gasteiger partial charge on any atom is -0.477 e. The Morgan fingerprint density at radius 2 is 2.17 bits per heavy atom. The highest BCUT2D eigenvalue weighted by Crippen LogP contribution is 2.07. The molecule has 0 saturated heterocycles. The first kappa shape index (κ1) is 8.52. The van der Waals surface area contributed by atoms with E-state index in [1.165, 1.54) is 6.07 Å². The Morgan fingerprint density at radius 3 is 2.67 bits per heavy atom. The quantitative estimate of drug-likeness (QED) is 0.707. The van der Waals surface area contributed by atoms with E-state index in [0.29, 0.717) is 5.82 Å². The number of carbonyl (C=O) groups is 1. The van der Waals surface area contributed by atoms with E-state index in [-0.39, 0.29) is 5.69 Å². The van der Waals surface area contributed by atoms with E-state index in [1.807, 2.05) is 14.1 Å². The summed E-state index contributed by atoms with van der Waals surface area (Å²) < 4.78 is 0. The third kappa shape index (κ3) is 1.72. The predicted molar refractivity (Wildman–Crippen MR) is 45.5 cm³/mol. The van der Waals surface area contributed by atoms with Crippen LogP contribution >= 0.6 is 0 Å². The lowest BCUT2D eigenvalue weighted by Crippen LogP contribution is -2.12. The highest BCUT2D eigenvalue weighted by Gasteiger charge is 2.05. The average Bonchev–Trinajstić information content (AvgIpc) is 2.04. The van der Waals surface area contributed by atoms with Gasteiger partial charge in [0.1, 0.15) is 5.82 Å². The molecular formula is C8H10N2O2. The van der Waals surface area contributed by atoms with Gasteiger partial charge in [0.2, 0.25) is 0 Å². The topological polar surface area (TPSA) is 53.4 Å². The number of hydrogen-bond acceptors (Lipinski definition) is 3. The highest BCUT2D eigenvalue weighted by molar-refractivity contribution is 5.85. The smallest absolute Gasteiger partial charge is 0.354 e. The van der Waals surface area contributed by atoms with Gasteiger partial charge in [-0.1, -0.05) is 6.07 Å². The summed E-state index contributed by atoms with van der Waals surface area (Å²) in [5, 5.41) is 8.61. The molecule has 0 aromatic carbocycles. The highest BCUT2D eigenvalue weighted by atomic mass is 16.4. The lowest BCUT2D eigenvalue weighted by atomic mass is 10.3. The number of carboxylic acids is 1. The SMILES string of the molecule is CN(C)c1cccc(C(=O)O)n1. The van der Waals surface area contributed by atoms with E-state index in [0.717, 1.165) is 0 Å². The van der Waals surface area contributed by atoms with Crippen LogP contribution in [0.1, 0.15) is 10.5 Å². The van der Waals surface area contributed by atoms with Crippen molar-refractivity contribution in [1.29, 1.82) is 0 Å². The Morgan fingerprint density at radius 1 is 1.50 bits per heavy atom. The number of rotatable bonds is 2. The Bertz CT molecular complexity index is 297. The van der Waals surface area contributed by atoms with E-state index in [2.05, 4.69) is 4.98 Å². The van der Waals surface area contributed by atoms with Gasteiger partial charge in [0.25, 0.3) is 0 Å². The predicted octanol–water partition coefficient (Wildman–Crippen LogP) is 0.846. The van der Waals surface area contributed by atoms with Crippen molar-refractivity contribution in [2.45, 2.75) is 0 Å². The number of nitrogens with zero attached hydrogens (tertiary/aromatic N) is 2. The Labute approximate surface area is 70.5 Å². The molecule has 0 fully saturated rings. The molecule has 0 aliphatic heterocycles. The maximum absolute atomic E-state index is 10.5.